The summed E-state index contributed by atoms with van der Waals surface area (Å²) in [6.45, 7) is 2.64. The summed E-state index contributed by atoms with van der Waals surface area (Å²) < 4.78 is 1.97. The van der Waals surface area contributed by atoms with Gasteiger partial charge in [0.05, 0.1) is 24.2 Å². The Kier molecular flexibility index (Phi) is 3.73. The number of aliphatic carboxylic acids is 1. The number of benzene rings is 3. The molecule has 0 amide bonds. The average Bonchev–Trinajstić information content (AvgIpc) is 2.90. The largest absolute Gasteiger partial charge is 0.481 e. The second-order valence-electron chi connectivity index (χ2n) is 6.30. The molecule has 0 spiro atoms. The molecule has 1 N–H and O–H groups in total. The van der Waals surface area contributed by atoms with Crippen molar-refractivity contribution in [2.45, 2.75) is 19.9 Å². The van der Waals surface area contributed by atoms with Crippen molar-refractivity contribution >= 4 is 27.6 Å². The highest BCUT2D eigenvalue weighted by Crippen LogP contribution is 2.24. The lowest BCUT2D eigenvalue weighted by Crippen LogP contribution is -2.04. The summed E-state index contributed by atoms with van der Waals surface area (Å²) in [6, 6.07) is 20.4. The van der Waals surface area contributed by atoms with Crippen molar-refractivity contribution in [2.24, 2.45) is 0 Å². The van der Waals surface area contributed by atoms with E-state index in [4.69, 9.17) is 5.11 Å². The average molecular weight is 330 g/mol. The SMILES string of the molecule is Cc1nn(Cc2cccc3ccccc23)c2cc(CC(=O)O)ccc12. The van der Waals surface area contributed by atoms with Crippen LogP contribution in [0.3, 0.4) is 0 Å². The maximum absolute atomic E-state index is 11.0. The maximum Gasteiger partial charge on any atom is 0.307 e. The molecule has 0 saturated carbocycles. The van der Waals surface area contributed by atoms with Gasteiger partial charge >= 0.3 is 5.97 Å². The van der Waals surface area contributed by atoms with E-state index in [1.165, 1.54) is 16.3 Å². The molecule has 1 aromatic heterocycles. The number of rotatable bonds is 4. The van der Waals surface area contributed by atoms with E-state index in [2.05, 4.69) is 35.4 Å². The van der Waals surface area contributed by atoms with Crippen LogP contribution in [0.1, 0.15) is 16.8 Å². The highest BCUT2D eigenvalue weighted by atomic mass is 16.4. The monoisotopic (exact) mass is 330 g/mol. The summed E-state index contributed by atoms with van der Waals surface area (Å²) in [6.07, 6.45) is 0.0223. The fraction of sp³-hybridized carbons (Fsp3) is 0.143. The van der Waals surface area contributed by atoms with Crippen molar-refractivity contribution in [3.8, 4) is 0 Å². The number of hydrogen-bond donors (Lipinski definition) is 1. The zero-order valence-electron chi connectivity index (χ0n) is 13.9. The molecule has 0 bridgehead atoms. The molecule has 0 unspecified atom stereocenters. The first kappa shape index (κ1) is 15.4. The zero-order valence-corrected chi connectivity index (χ0v) is 13.9. The van der Waals surface area contributed by atoms with Crippen LogP contribution in [0.25, 0.3) is 21.7 Å². The Morgan fingerprint density at radius 2 is 1.84 bits per heavy atom. The highest BCUT2D eigenvalue weighted by molar-refractivity contribution is 5.87. The van der Waals surface area contributed by atoms with Crippen molar-refractivity contribution in [3.63, 3.8) is 0 Å². The lowest BCUT2D eigenvalue weighted by atomic mass is 10.0. The molecule has 0 atom stereocenters. The second kappa shape index (κ2) is 6.06. The number of aromatic nitrogens is 2. The molecule has 4 nitrogen and oxygen atoms in total. The van der Waals surface area contributed by atoms with E-state index >= 15 is 0 Å². The van der Waals surface area contributed by atoms with Crippen molar-refractivity contribution in [1.82, 2.24) is 9.78 Å². The Morgan fingerprint density at radius 1 is 1.04 bits per heavy atom. The summed E-state index contributed by atoms with van der Waals surface area (Å²) in [5.41, 5.74) is 3.92. The number of carboxylic acid groups (broad SMARTS) is 1. The maximum atomic E-state index is 11.0. The molecule has 3 aromatic carbocycles. The standard InChI is InChI=1S/C21H18N2O2/c1-14-18-10-9-15(12-21(24)25)11-20(18)23(22-14)13-17-7-4-6-16-5-2-3-8-19(16)17/h2-11H,12-13H2,1H3,(H,24,25). The van der Waals surface area contributed by atoms with Crippen LogP contribution in [0.15, 0.2) is 60.7 Å². The Morgan fingerprint density at radius 3 is 2.68 bits per heavy atom. The van der Waals surface area contributed by atoms with Crippen LogP contribution in [-0.4, -0.2) is 20.9 Å². The smallest absolute Gasteiger partial charge is 0.307 e. The molecule has 25 heavy (non-hydrogen) atoms. The van der Waals surface area contributed by atoms with Crippen LogP contribution < -0.4 is 0 Å². The van der Waals surface area contributed by atoms with Crippen LogP contribution in [0.4, 0.5) is 0 Å². The van der Waals surface area contributed by atoms with Gasteiger partial charge < -0.3 is 5.11 Å². The minimum atomic E-state index is -0.823. The van der Waals surface area contributed by atoms with Crippen molar-refractivity contribution in [2.75, 3.05) is 0 Å². The van der Waals surface area contributed by atoms with Gasteiger partial charge in [-0.15, -0.1) is 0 Å². The lowest BCUT2D eigenvalue weighted by molar-refractivity contribution is -0.136. The topological polar surface area (TPSA) is 55.1 Å². The molecule has 0 aliphatic carbocycles. The normalized spacial score (nSPS) is 11.2. The Balaban J connectivity index is 1.81. The first-order valence-corrected chi connectivity index (χ1v) is 8.26. The third-order valence-electron chi connectivity index (χ3n) is 4.56. The molecule has 0 radical (unpaired) electrons. The van der Waals surface area contributed by atoms with Gasteiger partial charge in [-0.2, -0.15) is 5.10 Å². The van der Waals surface area contributed by atoms with Crippen LogP contribution in [0.5, 0.6) is 0 Å². The molecule has 4 rings (SSSR count). The molecule has 4 heteroatoms. The van der Waals surface area contributed by atoms with E-state index in [0.29, 0.717) is 6.54 Å². The van der Waals surface area contributed by atoms with Gasteiger partial charge in [0.15, 0.2) is 0 Å². The number of hydrogen-bond acceptors (Lipinski definition) is 2. The van der Waals surface area contributed by atoms with Crippen molar-refractivity contribution < 1.29 is 9.90 Å². The minimum absolute atomic E-state index is 0.0223. The molecule has 124 valence electrons. The van der Waals surface area contributed by atoms with Crippen LogP contribution in [0, 0.1) is 6.92 Å². The summed E-state index contributed by atoms with van der Waals surface area (Å²) >= 11 is 0. The molecule has 0 saturated heterocycles. The first-order chi connectivity index (χ1) is 12.1. The van der Waals surface area contributed by atoms with E-state index in [9.17, 15) is 4.79 Å². The third-order valence-corrected chi connectivity index (χ3v) is 4.56. The van der Waals surface area contributed by atoms with E-state index in [-0.39, 0.29) is 6.42 Å². The number of carboxylic acids is 1. The highest BCUT2D eigenvalue weighted by Gasteiger charge is 2.11. The molecule has 0 fully saturated rings. The summed E-state index contributed by atoms with van der Waals surface area (Å²) in [4.78, 5) is 11.0. The van der Waals surface area contributed by atoms with Gasteiger partial charge in [0.1, 0.15) is 0 Å². The first-order valence-electron chi connectivity index (χ1n) is 8.26. The van der Waals surface area contributed by atoms with Gasteiger partial charge in [0.2, 0.25) is 0 Å². The minimum Gasteiger partial charge on any atom is -0.481 e. The summed E-state index contributed by atoms with van der Waals surface area (Å²) in [5.74, 6) is -0.823. The number of aryl methyl sites for hydroxylation is 1. The summed E-state index contributed by atoms with van der Waals surface area (Å²) in [5, 5.41) is 17.2. The number of carbonyl (C=O) groups is 1. The van der Waals surface area contributed by atoms with Gasteiger partial charge in [-0.05, 0) is 34.9 Å². The van der Waals surface area contributed by atoms with Gasteiger partial charge in [-0.25, -0.2) is 0 Å². The fourth-order valence-corrected chi connectivity index (χ4v) is 3.38. The van der Waals surface area contributed by atoms with Gasteiger partial charge in [-0.3, -0.25) is 9.48 Å². The van der Waals surface area contributed by atoms with E-state index in [1.54, 1.807) is 0 Å². The lowest BCUT2D eigenvalue weighted by Gasteiger charge is -2.08. The molecule has 0 aliphatic rings. The quantitative estimate of drug-likeness (QED) is 0.611. The predicted molar refractivity (Wildman–Crippen MR) is 98.9 cm³/mol. The van der Waals surface area contributed by atoms with Crippen molar-refractivity contribution in [3.05, 3.63) is 77.5 Å². The summed E-state index contributed by atoms with van der Waals surface area (Å²) in [7, 11) is 0. The van der Waals surface area contributed by atoms with E-state index in [1.807, 2.05) is 41.9 Å². The Hall–Kier alpha value is -3.14. The van der Waals surface area contributed by atoms with Crippen LogP contribution in [0.2, 0.25) is 0 Å². The van der Waals surface area contributed by atoms with Gasteiger partial charge in [-0.1, -0.05) is 54.6 Å². The molecule has 0 aliphatic heterocycles. The van der Waals surface area contributed by atoms with Gasteiger partial charge in [0.25, 0.3) is 0 Å². The second-order valence-corrected chi connectivity index (χ2v) is 6.30. The number of nitrogens with zero attached hydrogens (tertiary/aromatic N) is 2. The van der Waals surface area contributed by atoms with E-state index in [0.717, 1.165) is 22.2 Å². The van der Waals surface area contributed by atoms with Crippen LogP contribution in [-0.2, 0) is 17.8 Å². The van der Waals surface area contributed by atoms with Crippen LogP contribution >= 0.6 is 0 Å². The molecule has 1 heterocycles. The predicted octanol–water partition coefficient (Wildman–Crippen LogP) is 4.17. The zero-order chi connectivity index (χ0) is 17.4. The van der Waals surface area contributed by atoms with E-state index < -0.39 is 5.97 Å². The van der Waals surface area contributed by atoms with Gasteiger partial charge in [0, 0.05) is 5.39 Å². The van der Waals surface area contributed by atoms with Crippen molar-refractivity contribution in [1.29, 1.82) is 0 Å². The molecular formula is C21H18N2O2. The third kappa shape index (κ3) is 2.87. The number of fused-ring (bicyclic) bond motifs is 2. The molecular weight excluding hydrogens is 312 g/mol. The fourth-order valence-electron chi connectivity index (χ4n) is 3.38. The Bertz CT molecular complexity index is 1090. The Labute approximate surface area is 145 Å². The molecule has 4 aromatic rings.